The molecule has 1 atom stereocenters. The van der Waals surface area contributed by atoms with Crippen LogP contribution in [0.2, 0.25) is 0 Å². The summed E-state index contributed by atoms with van der Waals surface area (Å²) in [6.45, 7) is 4.31. The Hall–Kier alpha value is -2.11. The molecule has 0 aliphatic carbocycles. The summed E-state index contributed by atoms with van der Waals surface area (Å²) in [6.07, 6.45) is 2.46. The van der Waals surface area contributed by atoms with Gasteiger partial charge in [-0.25, -0.2) is 4.79 Å². The molecule has 0 spiro atoms. The van der Waals surface area contributed by atoms with Gasteiger partial charge < -0.3 is 15.3 Å². The summed E-state index contributed by atoms with van der Waals surface area (Å²) in [7, 11) is 0. The van der Waals surface area contributed by atoms with Gasteiger partial charge in [-0.05, 0) is 25.5 Å². The normalized spacial score (nSPS) is 11.7. The lowest BCUT2D eigenvalue weighted by atomic mass is 10.3. The Kier molecular flexibility index (Phi) is 5.78. The van der Waals surface area contributed by atoms with Gasteiger partial charge in [0.05, 0.1) is 12.2 Å². The number of carboxylic acids is 1. The number of rotatable bonds is 6. The molecule has 0 saturated heterocycles. The van der Waals surface area contributed by atoms with Crippen LogP contribution in [0.25, 0.3) is 0 Å². The van der Waals surface area contributed by atoms with E-state index in [4.69, 9.17) is 5.11 Å². The molecule has 1 heterocycles. The van der Waals surface area contributed by atoms with Crippen LogP contribution in [-0.4, -0.2) is 39.6 Å². The Morgan fingerprint density at radius 3 is 2.74 bits per heavy atom. The van der Waals surface area contributed by atoms with E-state index in [1.165, 1.54) is 6.92 Å². The highest BCUT2D eigenvalue weighted by molar-refractivity contribution is 5.82. The summed E-state index contributed by atoms with van der Waals surface area (Å²) in [5.41, 5.74) is 0.772. The monoisotopic (exact) mass is 265 g/mol. The first-order valence-electron chi connectivity index (χ1n) is 6.22. The van der Waals surface area contributed by atoms with E-state index >= 15 is 0 Å². The van der Waals surface area contributed by atoms with E-state index in [0.29, 0.717) is 13.1 Å². The van der Waals surface area contributed by atoms with E-state index in [9.17, 15) is 9.59 Å². The number of urea groups is 1. The second kappa shape index (κ2) is 7.35. The smallest absolute Gasteiger partial charge is 0.325 e. The molecule has 0 aromatic carbocycles. The van der Waals surface area contributed by atoms with Gasteiger partial charge in [0.25, 0.3) is 0 Å². The third kappa shape index (κ3) is 4.95. The molecule has 1 aromatic rings. The fourth-order valence-corrected chi connectivity index (χ4v) is 1.55. The Labute approximate surface area is 112 Å². The van der Waals surface area contributed by atoms with Crippen LogP contribution in [0.3, 0.4) is 0 Å². The second-order valence-corrected chi connectivity index (χ2v) is 4.25. The van der Waals surface area contributed by atoms with Gasteiger partial charge in [-0.15, -0.1) is 0 Å². The van der Waals surface area contributed by atoms with Crippen molar-refractivity contribution >= 4 is 12.0 Å². The number of carboxylic acid groups (broad SMARTS) is 1. The highest BCUT2D eigenvalue weighted by Crippen LogP contribution is 2.03. The molecule has 6 nitrogen and oxygen atoms in total. The summed E-state index contributed by atoms with van der Waals surface area (Å²) >= 11 is 0. The molecule has 1 aromatic heterocycles. The Bertz CT molecular complexity index is 422. The first kappa shape index (κ1) is 14.9. The van der Waals surface area contributed by atoms with Gasteiger partial charge in [0.15, 0.2) is 0 Å². The number of hydrogen-bond acceptors (Lipinski definition) is 3. The van der Waals surface area contributed by atoms with E-state index in [-0.39, 0.29) is 6.03 Å². The lowest BCUT2D eigenvalue weighted by Gasteiger charge is -2.23. The Morgan fingerprint density at radius 2 is 2.21 bits per heavy atom. The van der Waals surface area contributed by atoms with Gasteiger partial charge in [-0.2, -0.15) is 0 Å². The number of carbonyl (C=O) groups is 2. The molecular weight excluding hydrogens is 246 g/mol. The molecule has 0 radical (unpaired) electrons. The molecule has 0 fully saturated rings. The molecule has 2 amide bonds. The highest BCUT2D eigenvalue weighted by Gasteiger charge is 2.19. The van der Waals surface area contributed by atoms with Crippen molar-refractivity contribution in [3.63, 3.8) is 0 Å². The molecule has 104 valence electrons. The van der Waals surface area contributed by atoms with Gasteiger partial charge in [0.1, 0.15) is 6.04 Å². The first-order chi connectivity index (χ1) is 9.04. The first-order valence-corrected chi connectivity index (χ1v) is 6.22. The Morgan fingerprint density at radius 1 is 1.47 bits per heavy atom. The zero-order valence-corrected chi connectivity index (χ0v) is 11.2. The zero-order valence-electron chi connectivity index (χ0n) is 11.2. The molecule has 0 bridgehead atoms. The maximum atomic E-state index is 12.0. The molecule has 2 N–H and O–H groups in total. The number of nitrogens with zero attached hydrogens (tertiary/aromatic N) is 2. The number of amides is 2. The van der Waals surface area contributed by atoms with E-state index < -0.39 is 12.0 Å². The molecule has 19 heavy (non-hydrogen) atoms. The van der Waals surface area contributed by atoms with Gasteiger partial charge in [-0.1, -0.05) is 13.0 Å². The maximum Gasteiger partial charge on any atom is 0.325 e. The molecule has 6 heteroatoms. The van der Waals surface area contributed by atoms with Crippen molar-refractivity contribution in [1.29, 1.82) is 0 Å². The quantitative estimate of drug-likeness (QED) is 0.816. The van der Waals surface area contributed by atoms with E-state index in [2.05, 4.69) is 10.3 Å². The largest absolute Gasteiger partial charge is 0.480 e. The zero-order chi connectivity index (χ0) is 14.3. The number of nitrogens with one attached hydrogen (secondary N) is 1. The van der Waals surface area contributed by atoms with Gasteiger partial charge in [0, 0.05) is 12.7 Å². The van der Waals surface area contributed by atoms with Gasteiger partial charge in [-0.3, -0.25) is 9.78 Å². The minimum absolute atomic E-state index is 0.368. The predicted octanol–water partition coefficient (Wildman–Crippen LogP) is 1.48. The summed E-state index contributed by atoms with van der Waals surface area (Å²) in [6, 6.07) is 4.19. The Balaban J connectivity index is 2.66. The number of aromatic nitrogens is 1. The number of pyridine rings is 1. The SMILES string of the molecule is CCCN(Cc1ccccn1)C(=O)N[C@@H](C)C(=O)O. The van der Waals surface area contributed by atoms with Crippen LogP contribution in [0.4, 0.5) is 4.79 Å². The van der Waals surface area contributed by atoms with Crippen LogP contribution >= 0.6 is 0 Å². The fraction of sp³-hybridized carbons (Fsp3) is 0.462. The average Bonchev–Trinajstić information content (AvgIpc) is 2.39. The number of carbonyl (C=O) groups excluding carboxylic acids is 1. The second-order valence-electron chi connectivity index (χ2n) is 4.25. The van der Waals surface area contributed by atoms with E-state index in [0.717, 1.165) is 12.1 Å². The highest BCUT2D eigenvalue weighted by atomic mass is 16.4. The van der Waals surface area contributed by atoms with E-state index in [1.54, 1.807) is 17.2 Å². The minimum atomic E-state index is -1.05. The van der Waals surface area contributed by atoms with Crippen molar-refractivity contribution in [1.82, 2.24) is 15.2 Å². The van der Waals surface area contributed by atoms with Crippen LogP contribution in [0, 0.1) is 0 Å². The van der Waals surface area contributed by atoms with Gasteiger partial charge >= 0.3 is 12.0 Å². The van der Waals surface area contributed by atoms with Crippen molar-refractivity contribution in [2.24, 2.45) is 0 Å². The number of aliphatic carboxylic acids is 1. The van der Waals surface area contributed by atoms with Crippen molar-refractivity contribution in [3.05, 3.63) is 30.1 Å². The number of hydrogen-bond donors (Lipinski definition) is 2. The molecule has 0 saturated carbocycles. The summed E-state index contributed by atoms with van der Waals surface area (Å²) < 4.78 is 0. The van der Waals surface area contributed by atoms with Crippen LogP contribution in [0.1, 0.15) is 26.0 Å². The lowest BCUT2D eigenvalue weighted by Crippen LogP contribution is -2.46. The van der Waals surface area contributed by atoms with Gasteiger partial charge in [0.2, 0.25) is 0 Å². The van der Waals surface area contributed by atoms with Crippen molar-refractivity contribution in [2.75, 3.05) is 6.54 Å². The standard InChI is InChI=1S/C13H19N3O3/c1-3-8-16(9-11-6-4-5-7-14-11)13(19)15-10(2)12(17)18/h4-7,10H,3,8-9H2,1-2H3,(H,15,19)(H,17,18)/t10-/m0/s1. The van der Waals surface area contributed by atoms with Crippen molar-refractivity contribution < 1.29 is 14.7 Å². The van der Waals surface area contributed by atoms with Crippen LogP contribution in [-0.2, 0) is 11.3 Å². The third-order valence-corrected chi connectivity index (χ3v) is 2.57. The molecule has 0 aliphatic rings. The summed E-state index contributed by atoms with van der Waals surface area (Å²) in [4.78, 5) is 28.4. The molecule has 1 rings (SSSR count). The van der Waals surface area contributed by atoms with Crippen molar-refractivity contribution in [2.45, 2.75) is 32.9 Å². The molecular formula is C13H19N3O3. The van der Waals surface area contributed by atoms with Crippen LogP contribution in [0.15, 0.2) is 24.4 Å². The maximum absolute atomic E-state index is 12.0. The average molecular weight is 265 g/mol. The van der Waals surface area contributed by atoms with Crippen LogP contribution in [0.5, 0.6) is 0 Å². The summed E-state index contributed by atoms with van der Waals surface area (Å²) in [5, 5.41) is 11.2. The summed E-state index contributed by atoms with van der Waals surface area (Å²) in [5.74, 6) is -1.05. The lowest BCUT2D eigenvalue weighted by molar-refractivity contribution is -0.138. The van der Waals surface area contributed by atoms with Crippen molar-refractivity contribution in [3.8, 4) is 0 Å². The predicted molar refractivity (Wildman–Crippen MR) is 70.6 cm³/mol. The topological polar surface area (TPSA) is 82.5 Å². The van der Waals surface area contributed by atoms with Crippen LogP contribution < -0.4 is 5.32 Å². The fourth-order valence-electron chi connectivity index (χ4n) is 1.55. The molecule has 0 unspecified atom stereocenters. The third-order valence-electron chi connectivity index (χ3n) is 2.57. The van der Waals surface area contributed by atoms with E-state index in [1.807, 2.05) is 19.1 Å². The minimum Gasteiger partial charge on any atom is -0.480 e. The molecule has 0 aliphatic heterocycles.